The van der Waals surface area contributed by atoms with Crippen LogP contribution in [-0.4, -0.2) is 28.2 Å². The highest BCUT2D eigenvalue weighted by molar-refractivity contribution is 5.75. The van der Waals surface area contributed by atoms with Crippen molar-refractivity contribution in [2.75, 3.05) is 0 Å². The molecule has 3 aromatic heterocycles. The molecular formula is C24H29N5O4. The van der Waals surface area contributed by atoms with Gasteiger partial charge in [-0.1, -0.05) is 44.2 Å². The van der Waals surface area contributed by atoms with Crippen LogP contribution < -0.4 is 16.8 Å². The highest BCUT2D eigenvalue weighted by Crippen LogP contribution is 2.23. The molecule has 0 fully saturated rings. The van der Waals surface area contributed by atoms with Crippen molar-refractivity contribution < 1.29 is 5.11 Å². The Morgan fingerprint density at radius 2 is 1.61 bits per heavy atom. The number of hydrogen-bond donors (Lipinski definition) is 1. The third kappa shape index (κ3) is 3.67. The van der Waals surface area contributed by atoms with Gasteiger partial charge in [0, 0.05) is 13.1 Å². The van der Waals surface area contributed by atoms with Crippen LogP contribution in [0.5, 0.6) is 5.88 Å². The summed E-state index contributed by atoms with van der Waals surface area (Å²) in [4.78, 5) is 44.3. The summed E-state index contributed by atoms with van der Waals surface area (Å²) in [5.74, 6) is 0.301. The third-order valence-electron chi connectivity index (χ3n) is 6.02. The van der Waals surface area contributed by atoms with Crippen molar-refractivity contribution in [1.29, 1.82) is 0 Å². The number of aromatic hydroxyl groups is 1. The van der Waals surface area contributed by atoms with Crippen LogP contribution in [-0.2, 0) is 26.1 Å². The molecule has 0 saturated heterocycles. The van der Waals surface area contributed by atoms with E-state index in [2.05, 4.69) is 4.98 Å². The van der Waals surface area contributed by atoms with Gasteiger partial charge in [0.1, 0.15) is 0 Å². The van der Waals surface area contributed by atoms with Crippen LogP contribution in [0.4, 0.5) is 0 Å². The molecule has 4 aromatic rings. The van der Waals surface area contributed by atoms with Crippen molar-refractivity contribution in [1.82, 2.24) is 23.1 Å². The Balaban J connectivity index is 2.17. The van der Waals surface area contributed by atoms with E-state index in [9.17, 15) is 19.5 Å². The molecule has 9 heteroatoms. The molecule has 0 aliphatic heterocycles. The van der Waals surface area contributed by atoms with Crippen LogP contribution in [0.1, 0.15) is 45.2 Å². The molecule has 1 aromatic carbocycles. The molecule has 3 heterocycles. The Morgan fingerprint density at radius 3 is 2.21 bits per heavy atom. The molecule has 0 aliphatic rings. The second-order valence-corrected chi connectivity index (χ2v) is 8.61. The van der Waals surface area contributed by atoms with E-state index in [0.717, 1.165) is 10.1 Å². The second kappa shape index (κ2) is 8.73. The Morgan fingerprint density at radius 1 is 0.939 bits per heavy atom. The number of aromatic nitrogens is 5. The smallest absolute Gasteiger partial charge is 0.332 e. The van der Waals surface area contributed by atoms with E-state index >= 15 is 0 Å². The van der Waals surface area contributed by atoms with Gasteiger partial charge in [0.25, 0.3) is 11.1 Å². The SMILES string of the molecule is CCn1c(=O)c2c(nc3n(Cc4ccccc4)c(O)c(CCC(C)C)c(=O)n23)n(CC)c1=O. The Kier molecular flexibility index (Phi) is 5.97. The van der Waals surface area contributed by atoms with Gasteiger partial charge in [-0.15, -0.1) is 0 Å². The Hall–Kier alpha value is -3.62. The van der Waals surface area contributed by atoms with Crippen LogP contribution in [0.25, 0.3) is 16.9 Å². The average molecular weight is 452 g/mol. The lowest BCUT2D eigenvalue weighted by Crippen LogP contribution is -2.40. The lowest BCUT2D eigenvalue weighted by Gasteiger charge is -2.15. The number of fused-ring (bicyclic) bond motifs is 3. The predicted octanol–water partition coefficient (Wildman–Crippen LogP) is 2.35. The minimum absolute atomic E-state index is 0.0610. The zero-order valence-electron chi connectivity index (χ0n) is 19.4. The predicted molar refractivity (Wildman–Crippen MR) is 127 cm³/mol. The van der Waals surface area contributed by atoms with Gasteiger partial charge >= 0.3 is 5.69 Å². The monoisotopic (exact) mass is 451 g/mol. The first-order chi connectivity index (χ1) is 15.8. The molecule has 9 nitrogen and oxygen atoms in total. The lowest BCUT2D eigenvalue weighted by molar-refractivity contribution is 0.408. The summed E-state index contributed by atoms with van der Waals surface area (Å²) in [7, 11) is 0. The minimum Gasteiger partial charge on any atom is -0.494 e. The van der Waals surface area contributed by atoms with Crippen molar-refractivity contribution in [3.05, 3.63) is 72.7 Å². The van der Waals surface area contributed by atoms with E-state index in [4.69, 9.17) is 0 Å². The highest BCUT2D eigenvalue weighted by Gasteiger charge is 2.25. The summed E-state index contributed by atoms with van der Waals surface area (Å²) < 4.78 is 5.33. The van der Waals surface area contributed by atoms with Crippen molar-refractivity contribution in [2.24, 2.45) is 5.92 Å². The van der Waals surface area contributed by atoms with E-state index in [1.165, 1.54) is 8.97 Å². The maximum Gasteiger partial charge on any atom is 0.332 e. The fourth-order valence-electron chi connectivity index (χ4n) is 4.22. The van der Waals surface area contributed by atoms with Gasteiger partial charge in [-0.25, -0.2) is 9.20 Å². The lowest BCUT2D eigenvalue weighted by atomic mass is 10.0. The largest absolute Gasteiger partial charge is 0.494 e. The van der Waals surface area contributed by atoms with Gasteiger partial charge in [-0.2, -0.15) is 4.98 Å². The summed E-state index contributed by atoms with van der Waals surface area (Å²) >= 11 is 0. The van der Waals surface area contributed by atoms with E-state index in [1.54, 1.807) is 18.4 Å². The quantitative estimate of drug-likeness (QED) is 0.465. The van der Waals surface area contributed by atoms with Crippen molar-refractivity contribution in [3.8, 4) is 5.88 Å². The van der Waals surface area contributed by atoms with Crippen LogP contribution >= 0.6 is 0 Å². The Labute approximate surface area is 190 Å². The molecule has 0 aliphatic carbocycles. The number of imidazole rings is 1. The highest BCUT2D eigenvalue weighted by atomic mass is 16.3. The first-order valence-electron chi connectivity index (χ1n) is 11.3. The van der Waals surface area contributed by atoms with Crippen molar-refractivity contribution in [2.45, 2.75) is 60.2 Å². The molecular weight excluding hydrogens is 422 g/mol. The molecule has 174 valence electrons. The first-order valence-corrected chi connectivity index (χ1v) is 11.3. The Bertz CT molecular complexity index is 1510. The molecule has 0 atom stereocenters. The number of hydrogen-bond acceptors (Lipinski definition) is 5. The van der Waals surface area contributed by atoms with Gasteiger partial charge in [0.05, 0.1) is 12.1 Å². The summed E-state index contributed by atoms with van der Waals surface area (Å²) in [6, 6.07) is 9.51. The molecule has 33 heavy (non-hydrogen) atoms. The maximum absolute atomic E-state index is 13.6. The van der Waals surface area contributed by atoms with E-state index in [-0.39, 0.29) is 41.5 Å². The van der Waals surface area contributed by atoms with Crippen molar-refractivity contribution in [3.63, 3.8) is 0 Å². The molecule has 4 rings (SSSR count). The fourth-order valence-corrected chi connectivity index (χ4v) is 4.22. The summed E-state index contributed by atoms with van der Waals surface area (Å²) in [6.45, 7) is 8.32. The van der Waals surface area contributed by atoms with E-state index < -0.39 is 16.8 Å². The number of rotatable bonds is 7. The van der Waals surface area contributed by atoms with Gasteiger partial charge in [0.15, 0.2) is 11.2 Å². The van der Waals surface area contributed by atoms with Gasteiger partial charge in [-0.3, -0.25) is 23.3 Å². The minimum atomic E-state index is -0.557. The molecule has 0 bridgehead atoms. The first kappa shape index (κ1) is 22.6. The van der Waals surface area contributed by atoms with E-state index in [0.29, 0.717) is 25.3 Å². The zero-order valence-corrected chi connectivity index (χ0v) is 19.4. The number of benzene rings is 1. The molecule has 0 spiro atoms. The molecule has 0 saturated carbocycles. The number of aryl methyl sites for hydroxylation is 1. The molecule has 0 radical (unpaired) electrons. The fraction of sp³-hybridized carbons (Fsp3) is 0.417. The molecule has 0 amide bonds. The maximum atomic E-state index is 13.6. The summed E-state index contributed by atoms with van der Waals surface area (Å²) in [5, 5.41) is 11.2. The second-order valence-electron chi connectivity index (χ2n) is 8.61. The summed E-state index contributed by atoms with van der Waals surface area (Å²) in [6.07, 6.45) is 1.06. The zero-order chi connectivity index (χ0) is 23.9. The average Bonchev–Trinajstić information content (AvgIpc) is 3.18. The summed E-state index contributed by atoms with van der Waals surface area (Å²) in [5.41, 5.74) is -0.147. The van der Waals surface area contributed by atoms with Crippen molar-refractivity contribution >= 4 is 16.9 Å². The van der Waals surface area contributed by atoms with Crippen LogP contribution in [0.15, 0.2) is 44.7 Å². The van der Waals surface area contributed by atoms with Gasteiger partial charge < -0.3 is 5.11 Å². The molecule has 1 N–H and O–H groups in total. The topological polar surface area (TPSA) is 104 Å². The standard InChI is InChI=1S/C24H29N5O4/c1-5-26-19-18(22(32)27(6-2)24(26)33)29-21(31)17(13-12-15(3)4)20(30)28(23(29)25-19)14-16-10-8-7-9-11-16/h7-11,15,30H,5-6,12-14H2,1-4H3. The van der Waals surface area contributed by atoms with Gasteiger partial charge in [-0.05, 0) is 38.2 Å². The third-order valence-corrected chi connectivity index (χ3v) is 6.02. The number of nitrogens with zero attached hydrogens (tertiary/aromatic N) is 5. The normalized spacial score (nSPS) is 11.8. The van der Waals surface area contributed by atoms with Crippen LogP contribution in [0, 0.1) is 5.92 Å². The van der Waals surface area contributed by atoms with Crippen LogP contribution in [0.3, 0.4) is 0 Å². The van der Waals surface area contributed by atoms with E-state index in [1.807, 2.05) is 44.2 Å². The van der Waals surface area contributed by atoms with Gasteiger partial charge in [0.2, 0.25) is 11.7 Å². The van der Waals surface area contributed by atoms with Crippen LogP contribution in [0.2, 0.25) is 0 Å². The molecule has 0 unspecified atom stereocenters.